The number of hydrogen-bond donors (Lipinski definition) is 1. The molecule has 5 heteroatoms. The maximum atomic E-state index is 12.5. The highest BCUT2D eigenvalue weighted by Crippen LogP contribution is 2.36. The van der Waals surface area contributed by atoms with E-state index in [2.05, 4.69) is 27.2 Å². The lowest BCUT2D eigenvalue weighted by Gasteiger charge is -2.11. The number of alkyl halides is 3. The van der Waals surface area contributed by atoms with E-state index >= 15 is 0 Å². The van der Waals surface area contributed by atoms with Crippen molar-refractivity contribution in [3.05, 3.63) is 28.2 Å². The molecule has 15 heavy (non-hydrogen) atoms. The smallest absolute Gasteiger partial charge is 0.374 e. The lowest BCUT2D eigenvalue weighted by atomic mass is 10.2. The Morgan fingerprint density at radius 2 is 2.07 bits per heavy atom. The molecule has 1 aromatic rings. The summed E-state index contributed by atoms with van der Waals surface area (Å²) in [5, 5.41) is 2.68. The molecule has 0 spiro atoms. The fourth-order valence-corrected chi connectivity index (χ4v) is 1.48. The highest BCUT2D eigenvalue weighted by Gasteiger charge is 2.33. The zero-order chi connectivity index (χ0) is 11.5. The molecule has 0 radical (unpaired) electrons. The molecule has 1 rings (SSSR count). The Morgan fingerprint density at radius 3 is 2.60 bits per heavy atom. The van der Waals surface area contributed by atoms with E-state index in [0.717, 1.165) is 6.07 Å². The summed E-state index contributed by atoms with van der Waals surface area (Å²) in [4.78, 5) is 0. The van der Waals surface area contributed by atoms with Crippen molar-refractivity contribution in [1.29, 1.82) is 0 Å². The molecule has 0 saturated heterocycles. The first kappa shape index (κ1) is 11.9. The van der Waals surface area contributed by atoms with Crippen LogP contribution in [0.1, 0.15) is 5.56 Å². The first-order chi connectivity index (χ1) is 6.95. The summed E-state index contributed by atoms with van der Waals surface area (Å²) in [7, 11) is 0. The molecule has 0 aliphatic carbocycles. The van der Waals surface area contributed by atoms with Gasteiger partial charge in [-0.05, 0) is 18.2 Å². The monoisotopic (exact) mass is 277 g/mol. The zero-order valence-corrected chi connectivity index (χ0v) is 9.11. The van der Waals surface area contributed by atoms with E-state index in [-0.39, 0.29) is 11.0 Å². The quantitative estimate of drug-likeness (QED) is 0.816. The predicted octanol–water partition coefficient (Wildman–Crippen LogP) is 3.51. The van der Waals surface area contributed by atoms with Gasteiger partial charge in [-0.3, -0.25) is 0 Å². The lowest BCUT2D eigenvalue weighted by molar-refractivity contribution is -0.138. The predicted molar refractivity (Wildman–Crippen MR) is 56.5 cm³/mol. The number of nitrogens with one attached hydrogen (secondary N) is 1. The van der Waals surface area contributed by atoms with Gasteiger partial charge in [0.15, 0.2) is 0 Å². The summed E-state index contributed by atoms with van der Waals surface area (Å²) in [6.07, 6.45) is 0.618. The fraction of sp³-hybridized carbons (Fsp3) is 0.200. The van der Waals surface area contributed by atoms with Crippen LogP contribution in [0.3, 0.4) is 0 Å². The van der Waals surface area contributed by atoms with Gasteiger partial charge in [-0.1, -0.05) is 21.9 Å². The van der Waals surface area contributed by atoms with Gasteiger partial charge in [0, 0.05) is 10.2 Å². The first-order valence-corrected chi connectivity index (χ1v) is 4.78. The molecule has 1 aromatic carbocycles. The summed E-state index contributed by atoms with van der Waals surface area (Å²) in [5.74, 6) is 2.28. The van der Waals surface area contributed by atoms with Gasteiger partial charge >= 0.3 is 6.18 Å². The molecule has 0 saturated carbocycles. The molecular formula is C10H7BrF3N. The second-order valence-corrected chi connectivity index (χ2v) is 3.60. The van der Waals surface area contributed by atoms with E-state index < -0.39 is 11.7 Å². The summed E-state index contributed by atoms with van der Waals surface area (Å²) in [6, 6.07) is 3.87. The van der Waals surface area contributed by atoms with Crippen molar-refractivity contribution in [1.82, 2.24) is 0 Å². The molecule has 80 valence electrons. The van der Waals surface area contributed by atoms with Crippen molar-refractivity contribution in [3.63, 3.8) is 0 Å². The number of hydrogen-bond acceptors (Lipinski definition) is 1. The van der Waals surface area contributed by atoms with Crippen LogP contribution in [0, 0.1) is 12.3 Å². The average Bonchev–Trinajstić information content (AvgIpc) is 2.15. The number of benzene rings is 1. The Hall–Kier alpha value is -1.15. The molecule has 1 nitrogen and oxygen atoms in total. The second kappa shape index (κ2) is 4.58. The third-order valence-corrected chi connectivity index (χ3v) is 2.36. The molecule has 0 heterocycles. The molecule has 0 aromatic heterocycles. The Balaban J connectivity index is 3.02. The van der Waals surface area contributed by atoms with Crippen LogP contribution in [0.5, 0.6) is 0 Å². The number of rotatable bonds is 2. The summed E-state index contributed by atoms with van der Waals surface area (Å²) >= 11 is 2.85. The summed E-state index contributed by atoms with van der Waals surface area (Å²) < 4.78 is 37.4. The van der Waals surface area contributed by atoms with Crippen LogP contribution in [0.25, 0.3) is 0 Å². The SMILES string of the molecule is C#CCNc1ccc(Br)c(C(F)(F)F)c1. The van der Waals surface area contributed by atoms with Crippen LogP contribution in [0.2, 0.25) is 0 Å². The molecule has 0 aliphatic heterocycles. The van der Waals surface area contributed by atoms with Gasteiger partial charge in [-0.15, -0.1) is 6.42 Å². The molecule has 1 N–H and O–H groups in total. The van der Waals surface area contributed by atoms with Gasteiger partial charge in [0.05, 0.1) is 12.1 Å². The molecule has 0 fully saturated rings. The van der Waals surface area contributed by atoms with E-state index in [1.807, 2.05) is 0 Å². The van der Waals surface area contributed by atoms with E-state index in [1.54, 1.807) is 0 Å². The van der Waals surface area contributed by atoms with Crippen LogP contribution in [-0.2, 0) is 6.18 Å². The lowest BCUT2D eigenvalue weighted by Crippen LogP contribution is -2.07. The summed E-state index contributed by atoms with van der Waals surface area (Å²) in [5.41, 5.74) is -0.368. The third-order valence-electron chi connectivity index (χ3n) is 1.67. The van der Waals surface area contributed by atoms with Gasteiger partial charge in [0.1, 0.15) is 0 Å². The van der Waals surface area contributed by atoms with Crippen LogP contribution in [0.15, 0.2) is 22.7 Å². The maximum Gasteiger partial charge on any atom is 0.417 e. The van der Waals surface area contributed by atoms with E-state index in [1.165, 1.54) is 12.1 Å². The normalized spacial score (nSPS) is 10.9. The largest absolute Gasteiger partial charge is 0.417 e. The van der Waals surface area contributed by atoms with Gasteiger partial charge in [0.2, 0.25) is 0 Å². The highest BCUT2D eigenvalue weighted by atomic mass is 79.9. The van der Waals surface area contributed by atoms with Crippen LogP contribution < -0.4 is 5.32 Å². The zero-order valence-electron chi connectivity index (χ0n) is 7.53. The minimum Gasteiger partial charge on any atom is -0.374 e. The van der Waals surface area contributed by atoms with Crippen molar-refractivity contribution < 1.29 is 13.2 Å². The van der Waals surface area contributed by atoms with Crippen molar-refractivity contribution in [2.75, 3.05) is 11.9 Å². The molecule has 0 unspecified atom stereocenters. The topological polar surface area (TPSA) is 12.0 Å². The summed E-state index contributed by atoms with van der Waals surface area (Å²) in [6.45, 7) is 0.193. The minimum atomic E-state index is -4.37. The standard InChI is InChI=1S/C10H7BrF3N/c1-2-5-15-7-3-4-9(11)8(6-7)10(12,13)14/h1,3-4,6,15H,5H2. The van der Waals surface area contributed by atoms with Crippen molar-refractivity contribution in [2.45, 2.75) is 6.18 Å². The van der Waals surface area contributed by atoms with Crippen LogP contribution in [-0.4, -0.2) is 6.54 Å². The van der Waals surface area contributed by atoms with Crippen molar-refractivity contribution in [2.24, 2.45) is 0 Å². The van der Waals surface area contributed by atoms with Gasteiger partial charge in [0.25, 0.3) is 0 Å². The number of anilines is 1. The van der Waals surface area contributed by atoms with Gasteiger partial charge in [-0.25, -0.2) is 0 Å². The molecule has 0 amide bonds. The molecule has 0 atom stereocenters. The Morgan fingerprint density at radius 1 is 1.40 bits per heavy atom. The number of terminal acetylenes is 1. The van der Waals surface area contributed by atoms with E-state index in [0.29, 0.717) is 5.69 Å². The average molecular weight is 278 g/mol. The fourth-order valence-electron chi connectivity index (χ4n) is 1.01. The van der Waals surface area contributed by atoms with E-state index in [9.17, 15) is 13.2 Å². The van der Waals surface area contributed by atoms with E-state index in [4.69, 9.17) is 6.42 Å². The van der Waals surface area contributed by atoms with Gasteiger partial charge < -0.3 is 5.32 Å². The second-order valence-electron chi connectivity index (χ2n) is 2.75. The maximum absolute atomic E-state index is 12.5. The highest BCUT2D eigenvalue weighted by molar-refractivity contribution is 9.10. The minimum absolute atomic E-state index is 0.0151. The molecular weight excluding hydrogens is 271 g/mol. The molecule has 0 aliphatic rings. The van der Waals surface area contributed by atoms with Gasteiger partial charge in [-0.2, -0.15) is 13.2 Å². The van der Waals surface area contributed by atoms with Crippen molar-refractivity contribution >= 4 is 21.6 Å². The van der Waals surface area contributed by atoms with Crippen LogP contribution >= 0.6 is 15.9 Å². The van der Waals surface area contributed by atoms with Crippen molar-refractivity contribution in [3.8, 4) is 12.3 Å². The van der Waals surface area contributed by atoms with Crippen LogP contribution in [0.4, 0.5) is 18.9 Å². The third kappa shape index (κ3) is 3.17. The number of halogens is 4. The Labute approximate surface area is 93.8 Å². The Kier molecular flexibility index (Phi) is 3.64. The first-order valence-electron chi connectivity index (χ1n) is 3.99. The molecule has 0 bridgehead atoms. The Bertz CT molecular complexity index is 393.